The summed E-state index contributed by atoms with van der Waals surface area (Å²) in [5.74, 6) is 3.67. The van der Waals surface area contributed by atoms with Crippen molar-refractivity contribution in [3.8, 4) is 11.5 Å². The van der Waals surface area contributed by atoms with Gasteiger partial charge in [0.2, 0.25) is 5.91 Å². The van der Waals surface area contributed by atoms with Crippen LogP contribution in [0.3, 0.4) is 0 Å². The summed E-state index contributed by atoms with van der Waals surface area (Å²) in [6, 6.07) is 15.5. The van der Waals surface area contributed by atoms with Gasteiger partial charge < -0.3 is 10.5 Å². The first-order valence-electron chi connectivity index (χ1n) is 8.87. The number of carbonyl (C=O) groups excluding carboxylic acids is 1. The molecule has 3 aliphatic rings. The van der Waals surface area contributed by atoms with Crippen molar-refractivity contribution in [2.45, 2.75) is 38.0 Å². The molecule has 0 saturated heterocycles. The predicted octanol–water partition coefficient (Wildman–Crippen LogP) is 4.87. The van der Waals surface area contributed by atoms with Crippen LogP contribution in [-0.2, 0) is 0 Å². The fraction of sp³-hybridized carbons (Fsp3) is 0.381. The van der Waals surface area contributed by atoms with Crippen molar-refractivity contribution >= 4 is 5.91 Å². The molecular weight excluding hydrogens is 298 g/mol. The molecule has 0 heterocycles. The molecule has 1 unspecified atom stereocenters. The second-order valence-electron chi connectivity index (χ2n) is 7.18. The molecular formula is C21H23NO2. The van der Waals surface area contributed by atoms with Crippen molar-refractivity contribution in [2.24, 2.45) is 17.6 Å². The third-order valence-corrected chi connectivity index (χ3v) is 5.73. The summed E-state index contributed by atoms with van der Waals surface area (Å²) in [6.07, 6.45) is 7.03. The van der Waals surface area contributed by atoms with Gasteiger partial charge >= 0.3 is 0 Å². The molecule has 1 amide bonds. The van der Waals surface area contributed by atoms with Crippen molar-refractivity contribution in [3.63, 3.8) is 0 Å². The number of ether oxygens (including phenoxy) is 1. The summed E-state index contributed by atoms with van der Waals surface area (Å²) in [7, 11) is 0. The average molecular weight is 321 g/mol. The highest BCUT2D eigenvalue weighted by atomic mass is 16.5. The van der Waals surface area contributed by atoms with Crippen molar-refractivity contribution in [1.29, 1.82) is 0 Å². The molecule has 3 fully saturated rings. The van der Waals surface area contributed by atoms with Crippen LogP contribution >= 0.6 is 0 Å². The van der Waals surface area contributed by atoms with Gasteiger partial charge in [-0.15, -0.1) is 0 Å². The third-order valence-electron chi connectivity index (χ3n) is 5.73. The lowest BCUT2D eigenvalue weighted by Gasteiger charge is -2.42. The van der Waals surface area contributed by atoms with E-state index >= 15 is 0 Å². The lowest BCUT2D eigenvalue weighted by molar-refractivity contribution is 0.100. The van der Waals surface area contributed by atoms with Crippen molar-refractivity contribution < 1.29 is 9.53 Å². The maximum atomic E-state index is 11.1. The first-order chi connectivity index (χ1) is 11.7. The summed E-state index contributed by atoms with van der Waals surface area (Å²) in [5, 5.41) is 0. The third kappa shape index (κ3) is 3.03. The molecule has 3 heteroatoms. The van der Waals surface area contributed by atoms with E-state index in [1.54, 1.807) is 24.3 Å². The Morgan fingerprint density at radius 3 is 1.96 bits per heavy atom. The Labute approximate surface area is 142 Å². The van der Waals surface area contributed by atoms with E-state index in [4.69, 9.17) is 10.5 Å². The SMILES string of the molecule is NC(=O)c1ccc(Oc2ccc(C3CC4CCC3CC4)cc2)cc1. The van der Waals surface area contributed by atoms with Gasteiger partial charge in [0.1, 0.15) is 11.5 Å². The Balaban J connectivity index is 1.45. The standard InChI is InChI=1S/C21H23NO2/c22-21(23)17-7-11-19(12-8-17)24-18-9-5-16(6-10-18)20-13-14-1-3-15(20)4-2-14/h5-12,14-15,20H,1-4,13H2,(H2,22,23). The van der Waals surface area contributed by atoms with Gasteiger partial charge in [0.15, 0.2) is 0 Å². The molecule has 24 heavy (non-hydrogen) atoms. The fourth-order valence-corrected chi connectivity index (χ4v) is 4.39. The monoisotopic (exact) mass is 321 g/mol. The Hall–Kier alpha value is -2.29. The average Bonchev–Trinajstić information content (AvgIpc) is 2.64. The van der Waals surface area contributed by atoms with E-state index < -0.39 is 5.91 Å². The van der Waals surface area contributed by atoms with Crippen LogP contribution in [0.4, 0.5) is 0 Å². The van der Waals surface area contributed by atoms with Crippen LogP contribution in [0.5, 0.6) is 11.5 Å². The zero-order valence-corrected chi connectivity index (χ0v) is 13.8. The predicted molar refractivity (Wildman–Crippen MR) is 94.3 cm³/mol. The Morgan fingerprint density at radius 2 is 1.46 bits per heavy atom. The van der Waals surface area contributed by atoms with Gasteiger partial charge in [-0.1, -0.05) is 25.0 Å². The fourth-order valence-electron chi connectivity index (χ4n) is 4.39. The second kappa shape index (κ2) is 6.31. The van der Waals surface area contributed by atoms with E-state index in [9.17, 15) is 4.79 Å². The number of hydrogen-bond donors (Lipinski definition) is 1. The molecule has 3 nitrogen and oxygen atoms in total. The molecule has 124 valence electrons. The lowest BCUT2D eigenvalue weighted by atomic mass is 9.63. The van der Waals surface area contributed by atoms with Gasteiger partial charge in [0.25, 0.3) is 0 Å². The van der Waals surface area contributed by atoms with Gasteiger partial charge in [-0.3, -0.25) is 4.79 Å². The largest absolute Gasteiger partial charge is 0.457 e. The molecule has 5 rings (SSSR count). The number of hydrogen-bond acceptors (Lipinski definition) is 2. The van der Waals surface area contributed by atoms with Crippen LogP contribution in [-0.4, -0.2) is 5.91 Å². The highest BCUT2D eigenvalue weighted by molar-refractivity contribution is 5.92. The maximum Gasteiger partial charge on any atom is 0.248 e. The first-order valence-corrected chi connectivity index (χ1v) is 8.87. The molecule has 0 aromatic heterocycles. The Kier molecular flexibility index (Phi) is 4.01. The molecule has 0 spiro atoms. The number of primary amides is 1. The van der Waals surface area contributed by atoms with E-state index in [-0.39, 0.29) is 0 Å². The van der Waals surface area contributed by atoms with Crippen molar-refractivity contribution in [2.75, 3.05) is 0 Å². The topological polar surface area (TPSA) is 52.3 Å². The number of rotatable bonds is 4. The molecule has 0 aliphatic heterocycles. The van der Waals surface area contributed by atoms with E-state index in [0.717, 1.165) is 23.5 Å². The normalized spacial score (nSPS) is 25.4. The van der Waals surface area contributed by atoms with Gasteiger partial charge in [-0.25, -0.2) is 0 Å². The van der Waals surface area contributed by atoms with Crippen LogP contribution in [0.1, 0.15) is 53.9 Å². The zero-order chi connectivity index (χ0) is 16.5. The smallest absolute Gasteiger partial charge is 0.248 e. The lowest BCUT2D eigenvalue weighted by Crippen LogP contribution is -2.29. The van der Waals surface area contributed by atoms with Crippen molar-refractivity contribution in [3.05, 3.63) is 59.7 Å². The first kappa shape index (κ1) is 15.3. The molecule has 2 bridgehead atoms. The van der Waals surface area contributed by atoms with Gasteiger partial charge in [-0.2, -0.15) is 0 Å². The quantitative estimate of drug-likeness (QED) is 0.873. The van der Waals surface area contributed by atoms with Crippen LogP contribution in [0.25, 0.3) is 0 Å². The summed E-state index contributed by atoms with van der Waals surface area (Å²) in [5.41, 5.74) is 7.20. The minimum Gasteiger partial charge on any atom is -0.457 e. The highest BCUT2D eigenvalue weighted by Crippen LogP contribution is 2.49. The molecule has 3 aliphatic carbocycles. The van der Waals surface area contributed by atoms with Gasteiger partial charge in [0.05, 0.1) is 0 Å². The molecule has 0 radical (unpaired) electrons. The number of benzene rings is 2. The summed E-state index contributed by atoms with van der Waals surface area (Å²) in [4.78, 5) is 11.1. The van der Waals surface area contributed by atoms with Crippen LogP contribution in [0.2, 0.25) is 0 Å². The summed E-state index contributed by atoms with van der Waals surface area (Å²) < 4.78 is 5.87. The van der Waals surface area contributed by atoms with Gasteiger partial charge in [-0.05, 0) is 79.0 Å². The molecule has 2 aromatic rings. The number of fused-ring (bicyclic) bond motifs is 3. The summed E-state index contributed by atoms with van der Waals surface area (Å²) in [6.45, 7) is 0. The van der Waals surface area contributed by atoms with E-state index in [1.807, 2.05) is 0 Å². The Morgan fingerprint density at radius 1 is 0.875 bits per heavy atom. The Bertz CT molecular complexity index is 713. The van der Waals surface area contributed by atoms with Crippen molar-refractivity contribution in [1.82, 2.24) is 0 Å². The van der Waals surface area contributed by atoms with E-state index in [0.29, 0.717) is 11.3 Å². The summed E-state index contributed by atoms with van der Waals surface area (Å²) >= 11 is 0. The van der Waals surface area contributed by atoms with Crippen LogP contribution in [0, 0.1) is 11.8 Å². The second-order valence-corrected chi connectivity index (χ2v) is 7.18. The molecule has 2 N–H and O–H groups in total. The maximum absolute atomic E-state index is 11.1. The minimum absolute atomic E-state index is 0.423. The zero-order valence-electron chi connectivity index (χ0n) is 13.8. The molecule has 1 atom stereocenters. The molecule has 3 saturated carbocycles. The van der Waals surface area contributed by atoms with E-state index in [2.05, 4.69) is 24.3 Å². The van der Waals surface area contributed by atoms with Gasteiger partial charge in [0, 0.05) is 5.56 Å². The minimum atomic E-state index is -0.423. The van der Waals surface area contributed by atoms with E-state index in [1.165, 1.54) is 37.7 Å². The number of carbonyl (C=O) groups is 1. The number of nitrogens with two attached hydrogens (primary N) is 1. The highest BCUT2D eigenvalue weighted by Gasteiger charge is 2.36. The van der Waals surface area contributed by atoms with Crippen LogP contribution in [0.15, 0.2) is 48.5 Å². The number of amides is 1. The van der Waals surface area contributed by atoms with Crippen LogP contribution < -0.4 is 10.5 Å². The molecule has 2 aromatic carbocycles.